The molecule has 4 nitrogen and oxygen atoms in total. The first kappa shape index (κ1) is 11.4. The molecule has 1 unspecified atom stereocenters. The second-order valence-corrected chi connectivity index (χ2v) is 3.85. The van der Waals surface area contributed by atoms with Crippen LogP contribution in [-0.2, 0) is 0 Å². The molecule has 0 aliphatic rings. The molecule has 17 heavy (non-hydrogen) atoms. The van der Waals surface area contributed by atoms with Crippen molar-refractivity contribution in [2.75, 3.05) is 10.7 Å². The highest BCUT2D eigenvalue weighted by atomic mass is 15.2. The largest absolute Gasteiger partial charge is 0.378 e. The fraction of sp³-hybridized carbons (Fsp3) is 0.154. The molecule has 2 rings (SSSR count). The molecule has 0 bridgehead atoms. The summed E-state index contributed by atoms with van der Waals surface area (Å²) >= 11 is 0. The van der Waals surface area contributed by atoms with Gasteiger partial charge in [-0.2, -0.15) is 0 Å². The van der Waals surface area contributed by atoms with Gasteiger partial charge in [0, 0.05) is 24.0 Å². The number of rotatable bonds is 4. The van der Waals surface area contributed by atoms with Crippen LogP contribution in [0.5, 0.6) is 0 Å². The van der Waals surface area contributed by atoms with E-state index in [4.69, 9.17) is 5.84 Å². The maximum atomic E-state index is 5.32. The van der Waals surface area contributed by atoms with Crippen LogP contribution in [0.15, 0.2) is 48.7 Å². The SMILES string of the molecule is CC(Nc1ccnc(NN)c1)c1ccccc1. The molecule has 0 spiro atoms. The second kappa shape index (κ2) is 5.32. The molecular formula is C13H16N4. The number of nitrogens with zero attached hydrogens (tertiary/aromatic N) is 1. The summed E-state index contributed by atoms with van der Waals surface area (Å²) in [6, 6.07) is 14.3. The number of nitrogen functional groups attached to an aromatic ring is 1. The average molecular weight is 228 g/mol. The monoisotopic (exact) mass is 228 g/mol. The van der Waals surface area contributed by atoms with Crippen LogP contribution in [0.25, 0.3) is 0 Å². The van der Waals surface area contributed by atoms with Crippen LogP contribution in [0.3, 0.4) is 0 Å². The molecule has 0 saturated carbocycles. The summed E-state index contributed by atoms with van der Waals surface area (Å²) in [5.41, 5.74) is 4.76. The summed E-state index contributed by atoms with van der Waals surface area (Å²) in [7, 11) is 0. The van der Waals surface area contributed by atoms with Crippen molar-refractivity contribution in [1.82, 2.24) is 4.98 Å². The molecule has 0 aliphatic carbocycles. The van der Waals surface area contributed by atoms with Gasteiger partial charge in [-0.05, 0) is 18.6 Å². The highest BCUT2D eigenvalue weighted by Gasteiger charge is 2.04. The molecule has 0 aliphatic heterocycles. The number of aromatic nitrogens is 1. The minimum absolute atomic E-state index is 0.240. The topological polar surface area (TPSA) is 63.0 Å². The van der Waals surface area contributed by atoms with E-state index in [1.54, 1.807) is 6.20 Å². The number of pyridine rings is 1. The fourth-order valence-corrected chi connectivity index (χ4v) is 1.67. The first-order chi connectivity index (χ1) is 8.29. The average Bonchev–Trinajstić information content (AvgIpc) is 2.40. The summed E-state index contributed by atoms with van der Waals surface area (Å²) in [6.07, 6.45) is 1.72. The smallest absolute Gasteiger partial charge is 0.141 e. The van der Waals surface area contributed by atoms with E-state index in [1.165, 1.54) is 5.56 Å². The summed E-state index contributed by atoms with van der Waals surface area (Å²) in [4.78, 5) is 4.06. The minimum atomic E-state index is 0.240. The van der Waals surface area contributed by atoms with Gasteiger partial charge < -0.3 is 10.7 Å². The van der Waals surface area contributed by atoms with Crippen molar-refractivity contribution in [1.29, 1.82) is 0 Å². The first-order valence-corrected chi connectivity index (χ1v) is 5.54. The fourth-order valence-electron chi connectivity index (χ4n) is 1.67. The van der Waals surface area contributed by atoms with Gasteiger partial charge in [-0.1, -0.05) is 30.3 Å². The van der Waals surface area contributed by atoms with Gasteiger partial charge in [-0.25, -0.2) is 10.8 Å². The van der Waals surface area contributed by atoms with Crippen molar-refractivity contribution in [2.24, 2.45) is 5.84 Å². The molecule has 1 aromatic carbocycles. The summed E-state index contributed by atoms with van der Waals surface area (Å²) in [5.74, 6) is 5.97. The second-order valence-electron chi connectivity index (χ2n) is 3.85. The normalized spacial score (nSPS) is 11.9. The third-order valence-electron chi connectivity index (χ3n) is 2.59. The van der Waals surface area contributed by atoms with Gasteiger partial charge in [0.1, 0.15) is 5.82 Å². The molecule has 4 heteroatoms. The van der Waals surface area contributed by atoms with E-state index in [1.807, 2.05) is 30.3 Å². The highest BCUT2D eigenvalue weighted by molar-refractivity contribution is 5.52. The Kier molecular flexibility index (Phi) is 3.57. The van der Waals surface area contributed by atoms with Crippen molar-refractivity contribution in [3.63, 3.8) is 0 Å². The van der Waals surface area contributed by atoms with Gasteiger partial charge in [-0.3, -0.25) is 0 Å². The maximum absolute atomic E-state index is 5.32. The Balaban J connectivity index is 2.10. The van der Waals surface area contributed by atoms with Crippen LogP contribution < -0.4 is 16.6 Å². The number of hydrazine groups is 1. The number of hydrogen-bond donors (Lipinski definition) is 3. The molecule has 1 aromatic heterocycles. The van der Waals surface area contributed by atoms with E-state index < -0.39 is 0 Å². The predicted octanol–water partition coefficient (Wildman–Crippen LogP) is 2.54. The summed E-state index contributed by atoms with van der Waals surface area (Å²) < 4.78 is 0. The van der Waals surface area contributed by atoms with E-state index >= 15 is 0 Å². The zero-order chi connectivity index (χ0) is 12.1. The molecule has 88 valence electrons. The standard InChI is InChI=1S/C13H16N4/c1-10(11-5-3-2-4-6-11)16-12-7-8-15-13(9-12)17-14/h2-10H,14H2,1H3,(H2,15,16,17). The maximum Gasteiger partial charge on any atom is 0.141 e. The van der Waals surface area contributed by atoms with Crippen LogP contribution >= 0.6 is 0 Å². The molecular weight excluding hydrogens is 212 g/mol. The van der Waals surface area contributed by atoms with Gasteiger partial charge >= 0.3 is 0 Å². The van der Waals surface area contributed by atoms with Crippen LogP contribution in [0.1, 0.15) is 18.5 Å². The molecule has 4 N–H and O–H groups in total. The molecule has 0 fully saturated rings. The summed E-state index contributed by atoms with van der Waals surface area (Å²) in [6.45, 7) is 2.12. The van der Waals surface area contributed by atoms with Crippen molar-refractivity contribution in [3.05, 3.63) is 54.2 Å². The first-order valence-electron chi connectivity index (χ1n) is 5.54. The molecule has 1 heterocycles. The zero-order valence-corrected chi connectivity index (χ0v) is 9.72. The molecule has 0 saturated heterocycles. The van der Waals surface area contributed by atoms with E-state index in [0.717, 1.165) is 5.69 Å². The van der Waals surface area contributed by atoms with Crippen LogP contribution in [0.4, 0.5) is 11.5 Å². The third kappa shape index (κ3) is 2.95. The van der Waals surface area contributed by atoms with Gasteiger partial charge in [0.2, 0.25) is 0 Å². The predicted molar refractivity (Wildman–Crippen MR) is 70.5 cm³/mol. The quantitative estimate of drug-likeness (QED) is 0.556. The van der Waals surface area contributed by atoms with E-state index in [9.17, 15) is 0 Å². The lowest BCUT2D eigenvalue weighted by molar-refractivity contribution is 0.884. The van der Waals surface area contributed by atoms with Crippen molar-refractivity contribution in [2.45, 2.75) is 13.0 Å². The van der Waals surface area contributed by atoms with E-state index in [-0.39, 0.29) is 6.04 Å². The summed E-state index contributed by atoms with van der Waals surface area (Å²) in [5, 5.41) is 3.40. The minimum Gasteiger partial charge on any atom is -0.378 e. The Morgan fingerprint density at radius 2 is 1.94 bits per heavy atom. The number of hydrogen-bond acceptors (Lipinski definition) is 4. The van der Waals surface area contributed by atoms with Gasteiger partial charge in [0.15, 0.2) is 0 Å². The third-order valence-corrected chi connectivity index (χ3v) is 2.59. The molecule has 2 aromatic rings. The van der Waals surface area contributed by atoms with Crippen LogP contribution in [0.2, 0.25) is 0 Å². The lowest BCUT2D eigenvalue weighted by atomic mass is 10.1. The Hall–Kier alpha value is -2.07. The number of anilines is 2. The number of benzene rings is 1. The van der Waals surface area contributed by atoms with Gasteiger partial charge in [0.05, 0.1) is 0 Å². The molecule has 0 amide bonds. The van der Waals surface area contributed by atoms with Crippen LogP contribution in [0, 0.1) is 0 Å². The highest BCUT2D eigenvalue weighted by Crippen LogP contribution is 2.19. The Morgan fingerprint density at radius 3 is 2.65 bits per heavy atom. The molecule has 0 radical (unpaired) electrons. The van der Waals surface area contributed by atoms with Gasteiger partial charge in [-0.15, -0.1) is 0 Å². The molecule has 1 atom stereocenters. The lowest BCUT2D eigenvalue weighted by Gasteiger charge is -2.15. The number of nitrogens with two attached hydrogens (primary N) is 1. The number of nitrogens with one attached hydrogen (secondary N) is 2. The van der Waals surface area contributed by atoms with E-state index in [2.05, 4.69) is 34.8 Å². The van der Waals surface area contributed by atoms with Crippen molar-refractivity contribution >= 4 is 11.5 Å². The Morgan fingerprint density at radius 1 is 1.18 bits per heavy atom. The van der Waals surface area contributed by atoms with Crippen molar-refractivity contribution in [3.8, 4) is 0 Å². The zero-order valence-electron chi connectivity index (χ0n) is 9.72. The van der Waals surface area contributed by atoms with Gasteiger partial charge in [0.25, 0.3) is 0 Å². The van der Waals surface area contributed by atoms with Crippen molar-refractivity contribution < 1.29 is 0 Å². The van der Waals surface area contributed by atoms with E-state index in [0.29, 0.717) is 5.82 Å². The lowest BCUT2D eigenvalue weighted by Crippen LogP contribution is -2.10. The van der Waals surface area contributed by atoms with Crippen LogP contribution in [-0.4, -0.2) is 4.98 Å². The Bertz CT molecular complexity index is 470. The Labute approximate surface area is 101 Å².